The SMILES string of the molecule is O=C(O)C(Cc1ccc(O)cc1)NC(=O)C1CCCN1. The van der Waals surface area contributed by atoms with Gasteiger partial charge in [0.05, 0.1) is 6.04 Å². The molecule has 0 bridgehead atoms. The third-order valence-electron chi connectivity index (χ3n) is 3.37. The number of hydrogen-bond donors (Lipinski definition) is 4. The monoisotopic (exact) mass is 278 g/mol. The van der Waals surface area contributed by atoms with Gasteiger partial charge < -0.3 is 20.8 Å². The van der Waals surface area contributed by atoms with Crippen LogP contribution in [-0.4, -0.2) is 40.7 Å². The zero-order valence-corrected chi connectivity index (χ0v) is 11.0. The normalized spacial score (nSPS) is 19.5. The van der Waals surface area contributed by atoms with Crippen molar-refractivity contribution in [1.29, 1.82) is 0 Å². The molecule has 1 amide bonds. The van der Waals surface area contributed by atoms with E-state index in [1.54, 1.807) is 12.1 Å². The topological polar surface area (TPSA) is 98.7 Å². The number of amides is 1. The summed E-state index contributed by atoms with van der Waals surface area (Å²) >= 11 is 0. The molecule has 2 unspecified atom stereocenters. The summed E-state index contributed by atoms with van der Waals surface area (Å²) in [6.07, 6.45) is 1.85. The van der Waals surface area contributed by atoms with E-state index < -0.39 is 12.0 Å². The number of nitrogens with one attached hydrogen (secondary N) is 2. The van der Waals surface area contributed by atoms with Crippen molar-refractivity contribution in [3.63, 3.8) is 0 Å². The highest BCUT2D eigenvalue weighted by molar-refractivity contribution is 5.87. The van der Waals surface area contributed by atoms with Crippen molar-refractivity contribution in [2.75, 3.05) is 6.54 Å². The van der Waals surface area contributed by atoms with Crippen LogP contribution in [0.4, 0.5) is 0 Å². The average Bonchev–Trinajstić information content (AvgIpc) is 2.94. The van der Waals surface area contributed by atoms with Gasteiger partial charge in [0.2, 0.25) is 5.91 Å². The summed E-state index contributed by atoms with van der Waals surface area (Å²) in [4.78, 5) is 23.2. The van der Waals surface area contributed by atoms with E-state index in [4.69, 9.17) is 0 Å². The zero-order chi connectivity index (χ0) is 14.5. The molecule has 6 heteroatoms. The highest BCUT2D eigenvalue weighted by Gasteiger charge is 2.27. The van der Waals surface area contributed by atoms with Gasteiger partial charge >= 0.3 is 5.97 Å². The number of rotatable bonds is 5. The van der Waals surface area contributed by atoms with Gasteiger partial charge in [-0.25, -0.2) is 4.79 Å². The molecule has 20 heavy (non-hydrogen) atoms. The highest BCUT2D eigenvalue weighted by atomic mass is 16.4. The van der Waals surface area contributed by atoms with Gasteiger partial charge in [0.25, 0.3) is 0 Å². The van der Waals surface area contributed by atoms with E-state index in [1.807, 2.05) is 0 Å². The first-order valence-electron chi connectivity index (χ1n) is 6.61. The summed E-state index contributed by atoms with van der Waals surface area (Å²) < 4.78 is 0. The number of carbonyl (C=O) groups excluding carboxylic acids is 1. The molecule has 0 saturated carbocycles. The van der Waals surface area contributed by atoms with E-state index in [1.165, 1.54) is 12.1 Å². The van der Waals surface area contributed by atoms with Crippen molar-refractivity contribution in [3.8, 4) is 5.75 Å². The van der Waals surface area contributed by atoms with Gasteiger partial charge in [0, 0.05) is 6.42 Å². The first-order chi connectivity index (χ1) is 9.56. The van der Waals surface area contributed by atoms with Crippen LogP contribution in [0.25, 0.3) is 0 Å². The van der Waals surface area contributed by atoms with Crippen LogP contribution in [0.5, 0.6) is 5.75 Å². The van der Waals surface area contributed by atoms with E-state index in [2.05, 4.69) is 10.6 Å². The molecule has 1 aromatic rings. The predicted octanol–water partition coefficient (Wildman–Crippen LogP) is 0.256. The number of carboxylic acids is 1. The van der Waals surface area contributed by atoms with Crippen molar-refractivity contribution < 1.29 is 19.8 Å². The quantitative estimate of drug-likeness (QED) is 0.619. The molecule has 1 fully saturated rings. The summed E-state index contributed by atoms with van der Waals surface area (Å²) in [5.41, 5.74) is 0.745. The Morgan fingerprint density at radius 1 is 1.35 bits per heavy atom. The van der Waals surface area contributed by atoms with Crippen molar-refractivity contribution >= 4 is 11.9 Å². The van der Waals surface area contributed by atoms with E-state index in [0.29, 0.717) is 0 Å². The minimum atomic E-state index is -1.07. The molecular formula is C14H18N2O4. The molecule has 1 aliphatic heterocycles. The van der Waals surface area contributed by atoms with E-state index in [-0.39, 0.29) is 24.1 Å². The van der Waals surface area contributed by atoms with Crippen LogP contribution in [0.1, 0.15) is 18.4 Å². The van der Waals surface area contributed by atoms with Crippen LogP contribution in [-0.2, 0) is 16.0 Å². The Bertz CT molecular complexity index is 480. The molecule has 1 aromatic carbocycles. The van der Waals surface area contributed by atoms with Crippen LogP contribution >= 0.6 is 0 Å². The Balaban J connectivity index is 1.98. The Kier molecular flexibility index (Phi) is 4.57. The summed E-state index contributed by atoms with van der Waals surface area (Å²) in [7, 11) is 0. The number of carbonyl (C=O) groups is 2. The number of aliphatic carboxylic acids is 1. The molecule has 2 rings (SSSR count). The largest absolute Gasteiger partial charge is 0.508 e. The molecule has 6 nitrogen and oxygen atoms in total. The van der Waals surface area contributed by atoms with Gasteiger partial charge in [-0.3, -0.25) is 4.79 Å². The molecule has 0 aromatic heterocycles. The molecule has 0 radical (unpaired) electrons. The molecule has 2 atom stereocenters. The van der Waals surface area contributed by atoms with Gasteiger partial charge in [0.15, 0.2) is 0 Å². The summed E-state index contributed by atoms with van der Waals surface area (Å²) in [6.45, 7) is 0.786. The van der Waals surface area contributed by atoms with Crippen molar-refractivity contribution in [2.24, 2.45) is 0 Å². The van der Waals surface area contributed by atoms with Crippen molar-refractivity contribution in [1.82, 2.24) is 10.6 Å². The van der Waals surface area contributed by atoms with Gasteiger partial charge in [-0.2, -0.15) is 0 Å². The lowest BCUT2D eigenvalue weighted by atomic mass is 10.1. The fraction of sp³-hybridized carbons (Fsp3) is 0.429. The first-order valence-corrected chi connectivity index (χ1v) is 6.61. The highest BCUT2D eigenvalue weighted by Crippen LogP contribution is 2.12. The standard InChI is InChI=1S/C14H18N2O4/c17-10-5-3-9(4-6-10)8-12(14(19)20)16-13(18)11-2-1-7-15-11/h3-6,11-12,15,17H,1-2,7-8H2,(H,16,18)(H,19,20). The van der Waals surface area contributed by atoms with Crippen LogP contribution in [0, 0.1) is 0 Å². The Labute approximate surface area is 116 Å². The van der Waals surface area contributed by atoms with Gasteiger partial charge in [-0.05, 0) is 37.1 Å². The number of phenolic OH excluding ortho intramolecular Hbond substituents is 1. The maximum Gasteiger partial charge on any atom is 0.326 e. The maximum atomic E-state index is 11.9. The number of hydrogen-bond acceptors (Lipinski definition) is 4. The van der Waals surface area contributed by atoms with Crippen LogP contribution in [0.2, 0.25) is 0 Å². The molecule has 1 saturated heterocycles. The third-order valence-corrected chi connectivity index (χ3v) is 3.37. The summed E-state index contributed by atoms with van der Waals surface area (Å²) in [6, 6.07) is 5.02. The van der Waals surface area contributed by atoms with Crippen LogP contribution in [0.3, 0.4) is 0 Å². The Morgan fingerprint density at radius 2 is 2.05 bits per heavy atom. The second-order valence-corrected chi connectivity index (χ2v) is 4.92. The maximum absolute atomic E-state index is 11.9. The lowest BCUT2D eigenvalue weighted by molar-refractivity contribution is -0.142. The van der Waals surface area contributed by atoms with Gasteiger partial charge in [0.1, 0.15) is 11.8 Å². The third kappa shape index (κ3) is 3.71. The Hall–Kier alpha value is -2.08. The fourth-order valence-corrected chi connectivity index (χ4v) is 2.25. The molecular weight excluding hydrogens is 260 g/mol. The smallest absolute Gasteiger partial charge is 0.326 e. The number of aromatic hydroxyl groups is 1. The van der Waals surface area contributed by atoms with Gasteiger partial charge in [-0.15, -0.1) is 0 Å². The summed E-state index contributed by atoms with van der Waals surface area (Å²) in [5.74, 6) is -1.21. The minimum absolute atomic E-state index is 0.125. The summed E-state index contributed by atoms with van der Waals surface area (Å²) in [5, 5.41) is 24.0. The second-order valence-electron chi connectivity index (χ2n) is 4.92. The predicted molar refractivity (Wildman–Crippen MR) is 72.4 cm³/mol. The number of benzene rings is 1. The number of phenols is 1. The Morgan fingerprint density at radius 3 is 2.60 bits per heavy atom. The lowest BCUT2D eigenvalue weighted by Gasteiger charge is -2.17. The lowest BCUT2D eigenvalue weighted by Crippen LogP contribution is -2.49. The average molecular weight is 278 g/mol. The molecule has 4 N–H and O–H groups in total. The molecule has 1 aliphatic rings. The van der Waals surface area contributed by atoms with E-state index in [9.17, 15) is 19.8 Å². The molecule has 1 heterocycles. The van der Waals surface area contributed by atoms with Crippen molar-refractivity contribution in [3.05, 3.63) is 29.8 Å². The van der Waals surface area contributed by atoms with E-state index in [0.717, 1.165) is 24.9 Å². The van der Waals surface area contributed by atoms with Crippen LogP contribution < -0.4 is 10.6 Å². The second kappa shape index (κ2) is 6.38. The number of carboxylic acid groups (broad SMARTS) is 1. The van der Waals surface area contributed by atoms with Crippen LogP contribution in [0.15, 0.2) is 24.3 Å². The molecule has 0 spiro atoms. The fourth-order valence-electron chi connectivity index (χ4n) is 2.25. The molecule has 0 aliphatic carbocycles. The molecule has 108 valence electrons. The van der Waals surface area contributed by atoms with E-state index >= 15 is 0 Å². The first kappa shape index (κ1) is 14.3. The van der Waals surface area contributed by atoms with Gasteiger partial charge in [-0.1, -0.05) is 12.1 Å². The minimum Gasteiger partial charge on any atom is -0.508 e. The van der Waals surface area contributed by atoms with Crippen molar-refractivity contribution in [2.45, 2.75) is 31.3 Å². The zero-order valence-electron chi connectivity index (χ0n) is 11.0.